The highest BCUT2D eigenvalue weighted by atomic mass is 35.5. The van der Waals surface area contributed by atoms with Gasteiger partial charge in [0.05, 0.1) is 22.5 Å². The quantitative estimate of drug-likeness (QED) is 0.344. The molecular weight excluding hydrogens is 482 g/mol. The number of carbonyl (C=O) groups excluding carboxylic acids is 1. The first-order valence-corrected chi connectivity index (χ1v) is 12.9. The summed E-state index contributed by atoms with van der Waals surface area (Å²) in [5, 5.41) is 8.14. The normalized spacial score (nSPS) is 17.5. The van der Waals surface area contributed by atoms with Crippen LogP contribution in [0.3, 0.4) is 0 Å². The topological polar surface area (TPSA) is 60.5 Å². The van der Waals surface area contributed by atoms with Gasteiger partial charge in [0.15, 0.2) is 0 Å². The lowest BCUT2D eigenvalue weighted by Gasteiger charge is -2.32. The summed E-state index contributed by atoms with van der Waals surface area (Å²) >= 11 is 6.21. The molecule has 0 aliphatic carbocycles. The van der Waals surface area contributed by atoms with E-state index >= 15 is 0 Å². The summed E-state index contributed by atoms with van der Waals surface area (Å²) in [7, 11) is 2.17. The second kappa shape index (κ2) is 9.98. The number of nitrogens with one attached hydrogen (secondary N) is 2. The third-order valence-electron chi connectivity index (χ3n) is 7.09. The van der Waals surface area contributed by atoms with Crippen LogP contribution in [0.1, 0.15) is 16.7 Å². The van der Waals surface area contributed by atoms with Gasteiger partial charge >= 0.3 is 0 Å². The lowest BCUT2D eigenvalue weighted by atomic mass is 9.99. The van der Waals surface area contributed by atoms with Crippen molar-refractivity contribution >= 4 is 51.1 Å². The Labute approximate surface area is 221 Å². The first-order chi connectivity index (χ1) is 18.0. The highest BCUT2D eigenvalue weighted by Crippen LogP contribution is 2.39. The number of hydrogen-bond donors (Lipinski definition) is 2. The first kappa shape index (κ1) is 23.7. The minimum Gasteiger partial charge on any atom is -0.354 e. The van der Waals surface area contributed by atoms with E-state index in [9.17, 15) is 4.79 Å². The number of benzene rings is 3. The van der Waals surface area contributed by atoms with E-state index in [0.29, 0.717) is 10.6 Å². The number of halogens is 1. The molecule has 7 heteroatoms. The predicted molar refractivity (Wildman–Crippen MR) is 151 cm³/mol. The molecule has 3 heterocycles. The smallest absolute Gasteiger partial charge is 0.258 e. The number of amides is 1. The summed E-state index contributed by atoms with van der Waals surface area (Å²) in [6.07, 6.45) is 1.79. The van der Waals surface area contributed by atoms with Crippen LogP contribution < -0.4 is 10.6 Å². The molecule has 37 heavy (non-hydrogen) atoms. The number of fused-ring (bicyclic) bond motifs is 2. The van der Waals surface area contributed by atoms with Crippen LogP contribution in [0.15, 0.2) is 79.0 Å². The third-order valence-corrected chi connectivity index (χ3v) is 7.33. The summed E-state index contributed by atoms with van der Waals surface area (Å²) in [6.45, 7) is 5.32. The zero-order valence-corrected chi connectivity index (χ0v) is 21.4. The standard InChI is InChI=1S/C30H28ClN5O/c1-35-13-15-36(16-14-35)19-20-4-8-24(9-5-20)33-29(22-6-11-26-21(17-22)3-2-12-32-26)28-25-10-7-23(31)18-27(25)34-30(28)37/h2-12,17-18,33H,13-16,19H2,1H3,(H,34,37)/b29-28-. The first-order valence-electron chi connectivity index (χ1n) is 12.5. The van der Waals surface area contributed by atoms with Crippen LogP contribution in [0.5, 0.6) is 0 Å². The zero-order valence-electron chi connectivity index (χ0n) is 20.7. The molecule has 1 saturated heterocycles. The lowest BCUT2D eigenvalue weighted by molar-refractivity contribution is -0.110. The molecule has 6 nitrogen and oxygen atoms in total. The van der Waals surface area contributed by atoms with Gasteiger partial charge in [0.1, 0.15) is 0 Å². The van der Waals surface area contributed by atoms with Crippen molar-refractivity contribution in [3.8, 4) is 0 Å². The molecule has 3 aromatic carbocycles. The van der Waals surface area contributed by atoms with Crippen molar-refractivity contribution in [2.24, 2.45) is 0 Å². The third kappa shape index (κ3) is 4.96. The number of rotatable bonds is 5. The van der Waals surface area contributed by atoms with E-state index in [-0.39, 0.29) is 5.91 Å². The number of nitrogens with zero attached hydrogens (tertiary/aromatic N) is 3. The molecule has 1 fully saturated rings. The fraction of sp³-hybridized carbons (Fsp3) is 0.200. The van der Waals surface area contributed by atoms with E-state index < -0.39 is 0 Å². The van der Waals surface area contributed by atoms with Crippen molar-refractivity contribution in [1.29, 1.82) is 0 Å². The molecule has 2 N–H and O–H groups in total. The molecule has 0 spiro atoms. The second-order valence-electron chi connectivity index (χ2n) is 9.71. The highest BCUT2D eigenvalue weighted by Gasteiger charge is 2.29. The van der Waals surface area contributed by atoms with Crippen molar-refractivity contribution in [3.63, 3.8) is 0 Å². The number of carbonyl (C=O) groups is 1. The number of pyridine rings is 1. The van der Waals surface area contributed by atoms with E-state index in [1.165, 1.54) is 5.56 Å². The SMILES string of the molecule is CN1CCN(Cc2ccc(N/C(=C3\C(=O)Nc4cc(Cl)ccc43)c3ccc4ncccc4c3)cc2)CC1. The Morgan fingerprint density at radius 1 is 1.00 bits per heavy atom. The largest absolute Gasteiger partial charge is 0.354 e. The number of aromatic nitrogens is 1. The molecule has 2 aliphatic rings. The number of anilines is 2. The van der Waals surface area contributed by atoms with Gasteiger partial charge < -0.3 is 15.5 Å². The van der Waals surface area contributed by atoms with Crippen molar-refractivity contribution in [3.05, 3.63) is 101 Å². The molecule has 2 aliphatic heterocycles. The number of piperazine rings is 1. The summed E-state index contributed by atoms with van der Waals surface area (Å²) in [6, 6.07) is 24.0. The Morgan fingerprint density at radius 3 is 2.62 bits per heavy atom. The van der Waals surface area contributed by atoms with Crippen LogP contribution in [0.2, 0.25) is 5.02 Å². The average molecular weight is 510 g/mol. The van der Waals surface area contributed by atoms with Crippen molar-refractivity contribution in [1.82, 2.24) is 14.8 Å². The molecular formula is C30H28ClN5O. The van der Waals surface area contributed by atoms with Crippen LogP contribution in [0, 0.1) is 0 Å². The molecule has 0 saturated carbocycles. The number of likely N-dealkylation sites (N-methyl/N-ethyl adjacent to an activating group) is 1. The Morgan fingerprint density at radius 2 is 1.81 bits per heavy atom. The fourth-order valence-electron chi connectivity index (χ4n) is 5.01. The van der Waals surface area contributed by atoms with Gasteiger partial charge in [-0.2, -0.15) is 0 Å². The van der Waals surface area contributed by atoms with Crippen LogP contribution >= 0.6 is 11.6 Å². The van der Waals surface area contributed by atoms with Crippen LogP contribution in [-0.2, 0) is 11.3 Å². The fourth-order valence-corrected chi connectivity index (χ4v) is 5.18. The monoisotopic (exact) mass is 509 g/mol. The highest BCUT2D eigenvalue weighted by molar-refractivity contribution is 6.38. The minimum atomic E-state index is -0.155. The Hall–Kier alpha value is -3.71. The summed E-state index contributed by atoms with van der Waals surface area (Å²) in [4.78, 5) is 22.5. The van der Waals surface area contributed by atoms with E-state index in [1.807, 2.05) is 36.4 Å². The summed E-state index contributed by atoms with van der Waals surface area (Å²) in [5.41, 5.74) is 6.91. The summed E-state index contributed by atoms with van der Waals surface area (Å²) < 4.78 is 0. The van der Waals surface area contributed by atoms with Crippen molar-refractivity contribution < 1.29 is 4.79 Å². The molecule has 4 aromatic rings. The number of hydrogen-bond acceptors (Lipinski definition) is 5. The van der Waals surface area contributed by atoms with Gasteiger partial charge in [0.25, 0.3) is 5.91 Å². The lowest BCUT2D eigenvalue weighted by Crippen LogP contribution is -2.43. The molecule has 1 aromatic heterocycles. The van der Waals surface area contributed by atoms with Crippen LogP contribution in [-0.4, -0.2) is 53.9 Å². The van der Waals surface area contributed by atoms with E-state index in [0.717, 1.165) is 71.8 Å². The van der Waals surface area contributed by atoms with Crippen molar-refractivity contribution in [2.45, 2.75) is 6.54 Å². The summed E-state index contributed by atoms with van der Waals surface area (Å²) in [5.74, 6) is -0.155. The van der Waals surface area contributed by atoms with Gasteiger partial charge in [-0.1, -0.05) is 41.9 Å². The van der Waals surface area contributed by atoms with E-state index in [1.54, 1.807) is 12.3 Å². The Bertz CT molecular complexity index is 1510. The molecule has 1 amide bonds. The molecule has 186 valence electrons. The van der Waals surface area contributed by atoms with Crippen LogP contribution in [0.4, 0.5) is 11.4 Å². The maximum Gasteiger partial charge on any atom is 0.258 e. The minimum absolute atomic E-state index is 0.155. The zero-order chi connectivity index (χ0) is 25.4. The molecule has 6 rings (SSSR count). The van der Waals surface area contributed by atoms with E-state index in [2.05, 4.69) is 62.8 Å². The van der Waals surface area contributed by atoms with Gasteiger partial charge in [0, 0.05) is 60.6 Å². The van der Waals surface area contributed by atoms with Gasteiger partial charge in [-0.25, -0.2) is 0 Å². The van der Waals surface area contributed by atoms with Gasteiger partial charge in [0.2, 0.25) is 0 Å². The molecule has 0 radical (unpaired) electrons. The van der Waals surface area contributed by atoms with Crippen LogP contribution in [0.25, 0.3) is 22.2 Å². The molecule has 0 bridgehead atoms. The predicted octanol–water partition coefficient (Wildman–Crippen LogP) is 5.57. The Balaban J connectivity index is 1.36. The van der Waals surface area contributed by atoms with Crippen molar-refractivity contribution in [2.75, 3.05) is 43.9 Å². The maximum atomic E-state index is 13.2. The maximum absolute atomic E-state index is 13.2. The van der Waals surface area contributed by atoms with Gasteiger partial charge in [-0.05, 0) is 60.6 Å². The Kier molecular flexibility index (Phi) is 6.38. The van der Waals surface area contributed by atoms with E-state index in [4.69, 9.17) is 11.6 Å². The van der Waals surface area contributed by atoms with Gasteiger partial charge in [-0.15, -0.1) is 0 Å². The molecule has 0 unspecified atom stereocenters. The average Bonchev–Trinajstić information content (AvgIpc) is 3.23. The van der Waals surface area contributed by atoms with Gasteiger partial charge in [-0.3, -0.25) is 14.7 Å². The second-order valence-corrected chi connectivity index (χ2v) is 10.1. The molecule has 0 atom stereocenters.